The number of nitrogens with one attached hydrogen (secondary N) is 1. The van der Waals surface area contributed by atoms with Crippen molar-refractivity contribution in [3.05, 3.63) is 47.2 Å². The minimum Gasteiger partial charge on any atom is -0.477 e. The van der Waals surface area contributed by atoms with E-state index in [0.717, 1.165) is 5.56 Å². The fourth-order valence-electron chi connectivity index (χ4n) is 3.39. The summed E-state index contributed by atoms with van der Waals surface area (Å²) in [6.07, 6.45) is 5.37. The Morgan fingerprint density at radius 3 is 2.84 bits per heavy atom. The number of hydrogen-bond acceptors (Lipinski definition) is 8. The van der Waals surface area contributed by atoms with Gasteiger partial charge in [-0.05, 0) is 16.3 Å². The van der Waals surface area contributed by atoms with E-state index in [9.17, 15) is 19.5 Å². The van der Waals surface area contributed by atoms with Crippen LogP contribution in [0, 0.1) is 12.3 Å². The lowest BCUT2D eigenvalue weighted by Gasteiger charge is -2.49. The van der Waals surface area contributed by atoms with E-state index in [0.29, 0.717) is 16.5 Å². The number of benzene rings is 1. The molecule has 2 aliphatic rings. The number of tetrazole rings is 1. The first-order valence-electron chi connectivity index (χ1n) is 9.55. The molecule has 0 bridgehead atoms. The lowest BCUT2D eigenvalue weighted by molar-refractivity contribution is -0.150. The lowest BCUT2D eigenvalue weighted by atomic mass is 10.0. The summed E-state index contributed by atoms with van der Waals surface area (Å²) in [4.78, 5) is 39.6. The predicted octanol–water partition coefficient (Wildman–Crippen LogP) is 0.380. The van der Waals surface area contributed by atoms with Gasteiger partial charge in [-0.2, -0.15) is 4.80 Å². The number of carbonyl (C=O) groups excluding carboxylic acids is 2. The summed E-state index contributed by atoms with van der Waals surface area (Å²) in [5, 5.41) is 24.2. The second-order valence-corrected chi connectivity index (χ2v) is 9.02. The van der Waals surface area contributed by atoms with Gasteiger partial charge >= 0.3 is 5.97 Å². The summed E-state index contributed by atoms with van der Waals surface area (Å²) >= 11 is 2.64. The van der Waals surface area contributed by atoms with Crippen LogP contribution in [0.4, 0.5) is 0 Å². The second-order valence-electron chi connectivity index (χ2n) is 6.97. The number of carboxylic acid groups (broad SMARTS) is 1. The Kier molecular flexibility index (Phi) is 6.48. The third-order valence-corrected chi connectivity index (χ3v) is 7.07. The molecule has 3 heterocycles. The SMILES string of the molecule is C#CCn1nnc(SCC2=C(C(=O)O)N3C(=O)C(NC(=O)Cc4ccccc4)[C@H]3SC2)n1. The summed E-state index contributed by atoms with van der Waals surface area (Å²) in [7, 11) is 0. The zero-order valence-electron chi connectivity index (χ0n) is 16.7. The fourth-order valence-corrected chi connectivity index (χ4v) is 5.65. The van der Waals surface area contributed by atoms with Crippen LogP contribution in [0.3, 0.4) is 0 Å². The van der Waals surface area contributed by atoms with Crippen molar-refractivity contribution >= 4 is 41.3 Å². The van der Waals surface area contributed by atoms with Crippen molar-refractivity contribution in [2.75, 3.05) is 11.5 Å². The average molecular weight is 471 g/mol. The number of β-lactam (4-membered cyclic amide) rings is 1. The third-order valence-electron chi connectivity index (χ3n) is 4.82. The minimum absolute atomic E-state index is 0.0455. The van der Waals surface area contributed by atoms with Gasteiger partial charge in [-0.1, -0.05) is 48.0 Å². The number of thioether (sulfide) groups is 2. The highest BCUT2D eigenvalue weighted by Gasteiger charge is 2.54. The number of carboxylic acids is 1. The highest BCUT2D eigenvalue weighted by atomic mass is 32.2. The van der Waals surface area contributed by atoms with Crippen LogP contribution in [0.15, 0.2) is 46.8 Å². The highest BCUT2D eigenvalue weighted by molar-refractivity contribution is 8.01. The molecule has 2 N–H and O–H groups in total. The Morgan fingerprint density at radius 1 is 1.34 bits per heavy atom. The van der Waals surface area contributed by atoms with Crippen molar-refractivity contribution in [3.63, 3.8) is 0 Å². The maximum Gasteiger partial charge on any atom is 0.352 e. The Morgan fingerprint density at radius 2 is 2.12 bits per heavy atom. The number of amides is 2. The van der Waals surface area contributed by atoms with E-state index in [1.807, 2.05) is 30.3 Å². The quantitative estimate of drug-likeness (QED) is 0.319. The summed E-state index contributed by atoms with van der Waals surface area (Å²) in [6.45, 7) is 0.188. The minimum atomic E-state index is -1.18. The summed E-state index contributed by atoms with van der Waals surface area (Å²) in [5.74, 6) is 1.21. The first kappa shape index (κ1) is 21.9. The van der Waals surface area contributed by atoms with Crippen LogP contribution in [0.1, 0.15) is 5.56 Å². The van der Waals surface area contributed by atoms with Crippen LogP contribution in [0.5, 0.6) is 0 Å². The number of terminal acetylenes is 1. The van der Waals surface area contributed by atoms with Gasteiger partial charge in [-0.3, -0.25) is 14.5 Å². The first-order chi connectivity index (χ1) is 15.5. The van der Waals surface area contributed by atoms with Crippen LogP contribution >= 0.6 is 23.5 Å². The molecule has 0 radical (unpaired) electrons. The van der Waals surface area contributed by atoms with Gasteiger partial charge < -0.3 is 10.4 Å². The molecule has 0 saturated carbocycles. The number of fused-ring (bicyclic) bond motifs is 1. The third kappa shape index (κ3) is 4.49. The molecule has 1 aromatic carbocycles. The number of aromatic nitrogens is 4. The zero-order valence-corrected chi connectivity index (χ0v) is 18.3. The molecule has 1 saturated heterocycles. The Balaban J connectivity index is 1.41. The molecule has 1 unspecified atom stereocenters. The molecule has 12 heteroatoms. The monoisotopic (exact) mass is 470 g/mol. The molecule has 1 aromatic heterocycles. The van der Waals surface area contributed by atoms with E-state index in [-0.39, 0.29) is 30.3 Å². The van der Waals surface area contributed by atoms with Crippen LogP contribution in [-0.2, 0) is 27.3 Å². The molecule has 2 amide bonds. The zero-order chi connectivity index (χ0) is 22.7. The van der Waals surface area contributed by atoms with Gasteiger partial charge in [0, 0.05) is 11.5 Å². The van der Waals surface area contributed by atoms with Gasteiger partial charge in [0.1, 0.15) is 23.7 Å². The first-order valence-corrected chi connectivity index (χ1v) is 11.6. The smallest absolute Gasteiger partial charge is 0.352 e. The molecular formula is C20H18N6O4S2. The van der Waals surface area contributed by atoms with Gasteiger partial charge in [0.25, 0.3) is 5.91 Å². The van der Waals surface area contributed by atoms with Gasteiger partial charge in [-0.15, -0.1) is 28.4 Å². The maximum absolute atomic E-state index is 12.7. The van der Waals surface area contributed by atoms with E-state index in [2.05, 4.69) is 26.6 Å². The maximum atomic E-state index is 12.7. The van der Waals surface area contributed by atoms with E-state index in [1.165, 1.54) is 33.2 Å². The number of carbonyl (C=O) groups is 3. The Bertz CT molecular complexity index is 1130. The number of nitrogens with zero attached hydrogens (tertiary/aromatic N) is 5. The van der Waals surface area contributed by atoms with Crippen molar-refractivity contribution in [2.45, 2.75) is 29.5 Å². The average Bonchev–Trinajstić information content (AvgIpc) is 3.23. The summed E-state index contributed by atoms with van der Waals surface area (Å²) in [5.41, 5.74) is 1.37. The molecular weight excluding hydrogens is 452 g/mol. The van der Waals surface area contributed by atoms with E-state index in [1.54, 1.807) is 0 Å². The summed E-state index contributed by atoms with van der Waals surface area (Å²) in [6, 6.07) is 8.45. The van der Waals surface area contributed by atoms with Crippen LogP contribution in [0.2, 0.25) is 0 Å². The fraction of sp³-hybridized carbons (Fsp3) is 0.300. The van der Waals surface area contributed by atoms with Crippen molar-refractivity contribution < 1.29 is 19.5 Å². The van der Waals surface area contributed by atoms with E-state index < -0.39 is 23.3 Å². The normalized spacial score (nSPS) is 19.7. The molecule has 10 nitrogen and oxygen atoms in total. The molecule has 2 atom stereocenters. The van der Waals surface area contributed by atoms with Gasteiger partial charge in [0.15, 0.2) is 0 Å². The molecule has 32 heavy (non-hydrogen) atoms. The second kappa shape index (κ2) is 9.46. The van der Waals surface area contributed by atoms with Crippen LogP contribution < -0.4 is 5.32 Å². The number of hydrogen-bond donors (Lipinski definition) is 2. The molecule has 164 valence electrons. The molecule has 0 spiro atoms. The number of rotatable bonds is 8. The predicted molar refractivity (Wildman–Crippen MR) is 117 cm³/mol. The van der Waals surface area contributed by atoms with Gasteiger partial charge in [0.2, 0.25) is 11.1 Å². The van der Waals surface area contributed by atoms with Gasteiger partial charge in [0.05, 0.1) is 6.42 Å². The van der Waals surface area contributed by atoms with Crippen LogP contribution in [0.25, 0.3) is 0 Å². The molecule has 4 rings (SSSR count). The van der Waals surface area contributed by atoms with Crippen molar-refractivity contribution in [1.29, 1.82) is 0 Å². The standard InChI is InChI=1S/C20H18N6O4S2/c1-2-8-25-23-20(22-24-25)32-11-13-10-31-18-15(17(28)26(18)16(13)19(29)30)21-14(27)9-12-6-4-3-5-7-12/h1,3-7,15,18H,8-11H2,(H,21,27)(H,29,30)/t15?,18-/m1/s1. The largest absolute Gasteiger partial charge is 0.477 e. The Hall–Kier alpha value is -3.30. The van der Waals surface area contributed by atoms with Crippen molar-refractivity contribution in [3.8, 4) is 12.3 Å². The van der Waals surface area contributed by atoms with E-state index in [4.69, 9.17) is 6.42 Å². The van der Waals surface area contributed by atoms with Crippen molar-refractivity contribution in [1.82, 2.24) is 30.4 Å². The van der Waals surface area contributed by atoms with Crippen molar-refractivity contribution in [2.24, 2.45) is 0 Å². The van der Waals surface area contributed by atoms with E-state index >= 15 is 0 Å². The Labute approximate surface area is 191 Å². The topological polar surface area (TPSA) is 130 Å². The molecule has 2 aromatic rings. The summed E-state index contributed by atoms with van der Waals surface area (Å²) < 4.78 is 0. The molecule has 1 fully saturated rings. The molecule has 0 aliphatic carbocycles. The highest BCUT2D eigenvalue weighted by Crippen LogP contribution is 2.41. The van der Waals surface area contributed by atoms with Gasteiger partial charge in [-0.25, -0.2) is 4.79 Å². The molecule has 2 aliphatic heterocycles. The lowest BCUT2D eigenvalue weighted by Crippen LogP contribution is -2.70. The number of aliphatic carboxylic acids is 1. The van der Waals surface area contributed by atoms with Crippen LogP contribution in [-0.4, -0.2) is 70.9 Å².